The van der Waals surface area contributed by atoms with Crippen molar-refractivity contribution in [2.24, 2.45) is 7.05 Å². The molecule has 0 spiro atoms. The number of urea groups is 1. The molecule has 1 aromatic rings. The van der Waals surface area contributed by atoms with Crippen molar-refractivity contribution in [1.82, 2.24) is 19.8 Å². The maximum absolute atomic E-state index is 12.0. The number of amides is 2. The van der Waals surface area contributed by atoms with Gasteiger partial charge in [-0.3, -0.25) is 0 Å². The Bertz CT molecular complexity index is 474. The predicted molar refractivity (Wildman–Crippen MR) is 75.7 cm³/mol. The molecule has 1 heterocycles. The van der Waals surface area contributed by atoms with Gasteiger partial charge in [0.2, 0.25) is 0 Å². The highest BCUT2D eigenvalue weighted by Gasteiger charge is 2.21. The van der Waals surface area contributed by atoms with Crippen LogP contribution < -0.4 is 5.32 Å². The maximum atomic E-state index is 12.0. The smallest absolute Gasteiger partial charge is 0.326 e. The molecule has 8 heteroatoms. The quantitative estimate of drug-likeness (QED) is 0.679. The average Bonchev–Trinajstić information content (AvgIpc) is 2.83. The highest BCUT2D eigenvalue weighted by Crippen LogP contribution is 2.03. The third-order valence-electron chi connectivity index (χ3n) is 3.08. The molecule has 1 aromatic heterocycles. The third-order valence-corrected chi connectivity index (χ3v) is 3.08. The summed E-state index contributed by atoms with van der Waals surface area (Å²) >= 11 is 0. The van der Waals surface area contributed by atoms with Crippen molar-refractivity contribution < 1.29 is 19.4 Å². The molecule has 0 saturated carbocycles. The fraction of sp³-hybridized carbons (Fsp3) is 0.615. The molecular weight excluding hydrogens is 276 g/mol. The van der Waals surface area contributed by atoms with Crippen molar-refractivity contribution >= 4 is 12.0 Å². The lowest BCUT2D eigenvalue weighted by Gasteiger charge is -2.21. The van der Waals surface area contributed by atoms with E-state index in [9.17, 15) is 9.59 Å². The summed E-state index contributed by atoms with van der Waals surface area (Å²) < 4.78 is 6.68. The van der Waals surface area contributed by atoms with Gasteiger partial charge in [-0.25, -0.2) is 14.6 Å². The molecule has 8 nitrogen and oxygen atoms in total. The second-order valence-electron chi connectivity index (χ2n) is 4.79. The van der Waals surface area contributed by atoms with E-state index >= 15 is 0 Å². The van der Waals surface area contributed by atoms with Crippen molar-refractivity contribution in [1.29, 1.82) is 0 Å². The van der Waals surface area contributed by atoms with Gasteiger partial charge in [-0.1, -0.05) is 0 Å². The number of carboxylic acid groups (broad SMARTS) is 1. The van der Waals surface area contributed by atoms with E-state index < -0.39 is 18.0 Å². The number of rotatable bonds is 8. The summed E-state index contributed by atoms with van der Waals surface area (Å²) in [5, 5.41) is 11.6. The molecule has 2 N–H and O–H groups in total. The van der Waals surface area contributed by atoms with Gasteiger partial charge in [0.05, 0.1) is 6.54 Å². The molecule has 0 aliphatic rings. The number of imidazole rings is 1. The number of ether oxygens (including phenoxy) is 1. The van der Waals surface area contributed by atoms with Gasteiger partial charge in [-0.05, 0) is 12.8 Å². The number of carbonyl (C=O) groups is 2. The van der Waals surface area contributed by atoms with Crippen molar-refractivity contribution in [2.45, 2.75) is 25.4 Å². The van der Waals surface area contributed by atoms with Crippen LogP contribution in [0.1, 0.15) is 18.7 Å². The largest absolute Gasteiger partial charge is 0.480 e. The van der Waals surface area contributed by atoms with Crippen molar-refractivity contribution in [3.8, 4) is 0 Å². The second kappa shape index (κ2) is 8.25. The summed E-state index contributed by atoms with van der Waals surface area (Å²) in [6.45, 7) is 0.766. The predicted octanol–water partition coefficient (Wildman–Crippen LogP) is 0.441. The van der Waals surface area contributed by atoms with Gasteiger partial charge >= 0.3 is 12.0 Å². The topological polar surface area (TPSA) is 96.7 Å². The summed E-state index contributed by atoms with van der Waals surface area (Å²) in [7, 11) is 4.98. The third kappa shape index (κ3) is 5.42. The fourth-order valence-corrected chi connectivity index (χ4v) is 1.78. The number of carbonyl (C=O) groups excluding carboxylic acids is 1. The van der Waals surface area contributed by atoms with Crippen molar-refractivity contribution in [3.63, 3.8) is 0 Å². The summed E-state index contributed by atoms with van der Waals surface area (Å²) in [6.07, 6.45) is 4.32. The molecule has 0 saturated heterocycles. The second-order valence-corrected chi connectivity index (χ2v) is 4.79. The lowest BCUT2D eigenvalue weighted by molar-refractivity contribution is -0.139. The zero-order valence-corrected chi connectivity index (χ0v) is 12.6. The molecule has 0 radical (unpaired) electrons. The molecule has 0 fully saturated rings. The number of hydrogen-bond donors (Lipinski definition) is 2. The van der Waals surface area contributed by atoms with Crippen LogP contribution in [0.15, 0.2) is 12.4 Å². The minimum atomic E-state index is -1.05. The molecule has 21 heavy (non-hydrogen) atoms. The minimum absolute atomic E-state index is 0.305. The number of aromatic nitrogens is 2. The Morgan fingerprint density at radius 3 is 2.81 bits per heavy atom. The molecule has 0 aliphatic heterocycles. The van der Waals surface area contributed by atoms with Crippen LogP contribution in [0.2, 0.25) is 0 Å². The van der Waals surface area contributed by atoms with Crippen LogP contribution in [-0.2, 0) is 23.1 Å². The number of methoxy groups -OCH3 is 1. The number of carboxylic acids is 1. The standard InChI is InChI=1S/C13H22N4O4/c1-16-7-6-14-11(16)9-17(2)13(20)15-10(12(18)19)5-4-8-21-3/h6-7,10H,4-5,8-9H2,1-3H3,(H,15,20)(H,18,19). The molecule has 0 aliphatic carbocycles. The average molecular weight is 298 g/mol. The number of aryl methyl sites for hydroxylation is 1. The van der Waals surface area contributed by atoms with E-state index in [1.54, 1.807) is 31.1 Å². The first-order chi connectivity index (χ1) is 9.95. The SMILES string of the molecule is COCCCC(NC(=O)N(C)Cc1nccn1C)C(=O)O. The molecule has 1 rings (SSSR count). The van der Waals surface area contributed by atoms with E-state index in [0.717, 1.165) is 5.82 Å². The van der Waals surface area contributed by atoms with Crippen LogP contribution in [0.5, 0.6) is 0 Å². The molecular formula is C13H22N4O4. The number of hydrogen-bond acceptors (Lipinski definition) is 4. The van der Waals surface area contributed by atoms with E-state index in [2.05, 4.69) is 10.3 Å². The summed E-state index contributed by atoms with van der Waals surface area (Å²) in [6, 6.07) is -1.36. The summed E-state index contributed by atoms with van der Waals surface area (Å²) in [5.41, 5.74) is 0. The number of aliphatic carboxylic acids is 1. The van der Waals surface area contributed by atoms with Gasteiger partial charge in [0, 0.05) is 40.2 Å². The van der Waals surface area contributed by atoms with E-state index in [1.807, 2.05) is 7.05 Å². The number of nitrogens with zero attached hydrogens (tertiary/aromatic N) is 3. The first-order valence-electron chi connectivity index (χ1n) is 6.65. The number of nitrogens with one attached hydrogen (secondary N) is 1. The van der Waals surface area contributed by atoms with E-state index in [0.29, 0.717) is 26.0 Å². The molecule has 118 valence electrons. The minimum Gasteiger partial charge on any atom is -0.480 e. The first kappa shape index (κ1) is 17.0. The van der Waals surface area contributed by atoms with Gasteiger partial charge < -0.3 is 24.6 Å². The lowest BCUT2D eigenvalue weighted by atomic mass is 10.1. The van der Waals surface area contributed by atoms with Crippen LogP contribution in [0, 0.1) is 0 Å². The fourth-order valence-electron chi connectivity index (χ4n) is 1.78. The normalized spacial score (nSPS) is 12.0. The Hall–Kier alpha value is -2.09. The van der Waals surface area contributed by atoms with Gasteiger partial charge in [0.15, 0.2) is 0 Å². The van der Waals surface area contributed by atoms with E-state index in [4.69, 9.17) is 9.84 Å². The van der Waals surface area contributed by atoms with Crippen LogP contribution in [0.4, 0.5) is 4.79 Å². The zero-order valence-electron chi connectivity index (χ0n) is 12.6. The van der Waals surface area contributed by atoms with Crippen molar-refractivity contribution in [2.75, 3.05) is 20.8 Å². The van der Waals surface area contributed by atoms with Crippen LogP contribution in [-0.4, -0.2) is 58.4 Å². The summed E-state index contributed by atoms with van der Waals surface area (Å²) in [4.78, 5) is 28.7. The van der Waals surface area contributed by atoms with E-state index in [-0.39, 0.29) is 0 Å². The molecule has 0 aromatic carbocycles. The lowest BCUT2D eigenvalue weighted by Crippen LogP contribution is -2.46. The van der Waals surface area contributed by atoms with Gasteiger partial charge in [0.25, 0.3) is 0 Å². The van der Waals surface area contributed by atoms with Gasteiger partial charge in [0.1, 0.15) is 11.9 Å². The van der Waals surface area contributed by atoms with Crippen molar-refractivity contribution in [3.05, 3.63) is 18.2 Å². The van der Waals surface area contributed by atoms with Crippen LogP contribution in [0.25, 0.3) is 0 Å². The zero-order chi connectivity index (χ0) is 15.8. The Kier molecular flexibility index (Phi) is 6.67. The highest BCUT2D eigenvalue weighted by molar-refractivity contribution is 5.82. The van der Waals surface area contributed by atoms with Gasteiger partial charge in [-0.15, -0.1) is 0 Å². The van der Waals surface area contributed by atoms with Crippen LogP contribution in [0.3, 0.4) is 0 Å². The highest BCUT2D eigenvalue weighted by atomic mass is 16.5. The Balaban J connectivity index is 2.52. The van der Waals surface area contributed by atoms with Gasteiger partial charge in [-0.2, -0.15) is 0 Å². The molecule has 0 bridgehead atoms. The molecule has 2 amide bonds. The molecule has 1 unspecified atom stereocenters. The Labute approximate surface area is 123 Å². The Morgan fingerprint density at radius 1 is 1.57 bits per heavy atom. The first-order valence-corrected chi connectivity index (χ1v) is 6.65. The monoisotopic (exact) mass is 298 g/mol. The van der Waals surface area contributed by atoms with E-state index in [1.165, 1.54) is 4.90 Å². The molecule has 1 atom stereocenters. The Morgan fingerprint density at radius 2 is 2.29 bits per heavy atom. The summed E-state index contributed by atoms with van der Waals surface area (Å²) in [5.74, 6) is -0.330. The maximum Gasteiger partial charge on any atom is 0.326 e. The van der Waals surface area contributed by atoms with Crippen LogP contribution >= 0.6 is 0 Å².